The van der Waals surface area contributed by atoms with E-state index in [0.29, 0.717) is 12.3 Å². The van der Waals surface area contributed by atoms with E-state index in [9.17, 15) is 4.79 Å². The first-order valence-electron chi connectivity index (χ1n) is 5.44. The number of rotatable bonds is 6. The molecule has 2 unspecified atom stereocenters. The zero-order chi connectivity index (χ0) is 11.1. The second kappa shape index (κ2) is 6.82. The number of amides is 1. The molecule has 0 radical (unpaired) electrons. The van der Waals surface area contributed by atoms with E-state index >= 15 is 0 Å². The molecule has 0 aromatic rings. The van der Waals surface area contributed by atoms with Gasteiger partial charge in [-0.25, -0.2) is 0 Å². The fourth-order valence-electron chi connectivity index (χ4n) is 1.22. The van der Waals surface area contributed by atoms with Gasteiger partial charge >= 0.3 is 0 Å². The number of aliphatic hydroxyl groups excluding tert-OH is 1. The fraction of sp³-hybridized carbons (Fsp3) is 0.909. The molecule has 0 saturated heterocycles. The summed E-state index contributed by atoms with van der Waals surface area (Å²) in [5.74, 6) is 0.532. The smallest absolute Gasteiger partial charge is 0.223 e. The number of carbonyl (C=O) groups excluding carboxylic acids is 1. The highest BCUT2D eigenvalue weighted by atomic mass is 16.3. The Labute approximate surface area is 86.9 Å². The summed E-state index contributed by atoms with van der Waals surface area (Å²) < 4.78 is 0. The first-order valence-corrected chi connectivity index (χ1v) is 5.44. The van der Waals surface area contributed by atoms with Crippen LogP contribution >= 0.6 is 0 Å². The number of aliphatic hydroxyl groups is 1. The van der Waals surface area contributed by atoms with Gasteiger partial charge in [-0.05, 0) is 18.8 Å². The molecule has 3 heteroatoms. The van der Waals surface area contributed by atoms with Crippen LogP contribution in [0, 0.1) is 11.8 Å². The van der Waals surface area contributed by atoms with Gasteiger partial charge < -0.3 is 10.4 Å². The predicted octanol–water partition coefficient (Wildman–Crippen LogP) is 1.56. The fourth-order valence-corrected chi connectivity index (χ4v) is 1.22. The molecule has 84 valence electrons. The maximum Gasteiger partial charge on any atom is 0.223 e. The van der Waals surface area contributed by atoms with E-state index < -0.39 is 0 Å². The van der Waals surface area contributed by atoms with Crippen molar-refractivity contribution in [3.05, 3.63) is 0 Å². The van der Waals surface area contributed by atoms with Crippen molar-refractivity contribution in [2.75, 3.05) is 6.61 Å². The lowest BCUT2D eigenvalue weighted by Crippen LogP contribution is -2.41. The maximum atomic E-state index is 11.6. The maximum absolute atomic E-state index is 11.6. The molecular formula is C11H23NO2. The van der Waals surface area contributed by atoms with E-state index in [4.69, 9.17) is 5.11 Å². The Bertz CT molecular complexity index is 169. The van der Waals surface area contributed by atoms with Gasteiger partial charge in [-0.1, -0.05) is 27.7 Å². The Balaban J connectivity index is 4.08. The molecule has 0 aromatic carbocycles. The van der Waals surface area contributed by atoms with E-state index in [-0.39, 0.29) is 24.5 Å². The highest BCUT2D eigenvalue weighted by molar-refractivity contribution is 5.78. The van der Waals surface area contributed by atoms with Crippen molar-refractivity contribution in [2.45, 2.75) is 46.6 Å². The third-order valence-corrected chi connectivity index (χ3v) is 2.63. The van der Waals surface area contributed by atoms with Gasteiger partial charge in [0.2, 0.25) is 5.91 Å². The lowest BCUT2D eigenvalue weighted by molar-refractivity contribution is -0.125. The van der Waals surface area contributed by atoms with Crippen molar-refractivity contribution in [3.8, 4) is 0 Å². The van der Waals surface area contributed by atoms with Gasteiger partial charge in [-0.3, -0.25) is 4.79 Å². The highest BCUT2D eigenvalue weighted by Gasteiger charge is 2.18. The molecule has 0 fully saturated rings. The highest BCUT2D eigenvalue weighted by Crippen LogP contribution is 2.08. The van der Waals surface area contributed by atoms with Gasteiger partial charge in [0.15, 0.2) is 0 Å². The van der Waals surface area contributed by atoms with Gasteiger partial charge in [-0.15, -0.1) is 0 Å². The Hall–Kier alpha value is -0.570. The van der Waals surface area contributed by atoms with E-state index in [1.54, 1.807) is 0 Å². The number of hydrogen-bond donors (Lipinski definition) is 2. The topological polar surface area (TPSA) is 49.3 Å². The van der Waals surface area contributed by atoms with E-state index in [0.717, 1.165) is 6.42 Å². The summed E-state index contributed by atoms with van der Waals surface area (Å²) in [4.78, 5) is 11.6. The zero-order valence-electron chi connectivity index (χ0n) is 9.71. The molecule has 0 aliphatic rings. The number of hydrogen-bond acceptors (Lipinski definition) is 2. The molecule has 14 heavy (non-hydrogen) atoms. The summed E-state index contributed by atoms with van der Waals surface area (Å²) in [6, 6.07) is 0.0986. The minimum atomic E-state index is 0.0648. The molecule has 0 saturated carbocycles. The van der Waals surface area contributed by atoms with Crippen LogP contribution in [0.3, 0.4) is 0 Å². The molecule has 0 rings (SSSR count). The molecule has 0 bridgehead atoms. The van der Waals surface area contributed by atoms with Crippen LogP contribution < -0.4 is 5.32 Å². The van der Waals surface area contributed by atoms with E-state index in [1.807, 2.05) is 13.8 Å². The van der Waals surface area contributed by atoms with Crippen LogP contribution in [0.1, 0.15) is 40.5 Å². The third kappa shape index (κ3) is 4.61. The summed E-state index contributed by atoms with van der Waals surface area (Å²) in [5.41, 5.74) is 0. The normalized spacial score (nSPS) is 15.3. The van der Waals surface area contributed by atoms with Crippen molar-refractivity contribution >= 4 is 5.91 Å². The van der Waals surface area contributed by atoms with Crippen molar-refractivity contribution in [1.29, 1.82) is 0 Å². The lowest BCUT2D eigenvalue weighted by atomic mass is 9.99. The minimum absolute atomic E-state index is 0.0648. The van der Waals surface area contributed by atoms with Crippen LogP contribution in [0.5, 0.6) is 0 Å². The molecule has 0 heterocycles. The van der Waals surface area contributed by atoms with E-state index in [1.165, 1.54) is 0 Å². The third-order valence-electron chi connectivity index (χ3n) is 2.63. The lowest BCUT2D eigenvalue weighted by Gasteiger charge is -2.23. The van der Waals surface area contributed by atoms with Gasteiger partial charge in [0, 0.05) is 18.6 Å². The molecule has 0 aliphatic heterocycles. The molecule has 2 N–H and O–H groups in total. The van der Waals surface area contributed by atoms with Crippen LogP contribution in [0.2, 0.25) is 0 Å². The molecular weight excluding hydrogens is 178 g/mol. The van der Waals surface area contributed by atoms with Crippen LogP contribution in [-0.4, -0.2) is 23.7 Å². The molecule has 3 nitrogen and oxygen atoms in total. The van der Waals surface area contributed by atoms with Crippen molar-refractivity contribution < 1.29 is 9.90 Å². The monoisotopic (exact) mass is 201 g/mol. The Morgan fingerprint density at radius 3 is 2.29 bits per heavy atom. The molecule has 1 amide bonds. The van der Waals surface area contributed by atoms with Crippen LogP contribution in [0.25, 0.3) is 0 Å². The molecule has 0 spiro atoms. The summed E-state index contributed by atoms with van der Waals surface area (Å²) in [7, 11) is 0. The van der Waals surface area contributed by atoms with Crippen LogP contribution in [0.4, 0.5) is 0 Å². The van der Waals surface area contributed by atoms with Crippen molar-refractivity contribution in [1.82, 2.24) is 5.32 Å². The van der Waals surface area contributed by atoms with Gasteiger partial charge in [-0.2, -0.15) is 0 Å². The quantitative estimate of drug-likeness (QED) is 0.685. The zero-order valence-corrected chi connectivity index (χ0v) is 9.71. The summed E-state index contributed by atoms with van der Waals surface area (Å²) >= 11 is 0. The summed E-state index contributed by atoms with van der Waals surface area (Å²) in [5, 5.41) is 11.8. The molecule has 0 aromatic heterocycles. The van der Waals surface area contributed by atoms with Gasteiger partial charge in [0.1, 0.15) is 0 Å². The average molecular weight is 201 g/mol. The SMILES string of the molecule is CCC(C)C(=O)NC(CCO)C(C)C. The first kappa shape index (κ1) is 13.4. The Morgan fingerprint density at radius 2 is 1.93 bits per heavy atom. The van der Waals surface area contributed by atoms with Crippen LogP contribution in [-0.2, 0) is 4.79 Å². The van der Waals surface area contributed by atoms with Crippen molar-refractivity contribution in [2.24, 2.45) is 11.8 Å². The first-order chi connectivity index (χ1) is 6.52. The summed E-state index contributed by atoms with van der Waals surface area (Å²) in [6.07, 6.45) is 1.50. The molecule has 2 atom stereocenters. The van der Waals surface area contributed by atoms with Gasteiger partial charge in [0.25, 0.3) is 0 Å². The number of nitrogens with one attached hydrogen (secondary N) is 1. The standard InChI is InChI=1S/C11H23NO2/c1-5-9(4)11(14)12-10(6-7-13)8(2)3/h8-10,13H,5-7H2,1-4H3,(H,12,14). The predicted molar refractivity (Wildman–Crippen MR) is 57.9 cm³/mol. The second-order valence-electron chi connectivity index (χ2n) is 4.18. The Morgan fingerprint density at radius 1 is 1.36 bits per heavy atom. The Kier molecular flexibility index (Phi) is 6.54. The van der Waals surface area contributed by atoms with Gasteiger partial charge in [0.05, 0.1) is 0 Å². The largest absolute Gasteiger partial charge is 0.396 e. The second-order valence-corrected chi connectivity index (χ2v) is 4.18. The van der Waals surface area contributed by atoms with Crippen molar-refractivity contribution in [3.63, 3.8) is 0 Å². The summed E-state index contributed by atoms with van der Waals surface area (Å²) in [6.45, 7) is 8.16. The molecule has 0 aliphatic carbocycles. The van der Waals surface area contributed by atoms with E-state index in [2.05, 4.69) is 19.2 Å². The number of carbonyl (C=O) groups is 1. The van der Waals surface area contributed by atoms with Crippen LogP contribution in [0.15, 0.2) is 0 Å². The average Bonchev–Trinajstić information content (AvgIpc) is 2.15. The minimum Gasteiger partial charge on any atom is -0.396 e.